The molecule has 0 amide bonds. The lowest BCUT2D eigenvalue weighted by molar-refractivity contribution is -0.140. The van der Waals surface area contributed by atoms with Crippen molar-refractivity contribution >= 4 is 27.7 Å². The molecule has 4 nitrogen and oxygen atoms in total. The number of carbonyl (C=O) groups excluding carboxylic acids is 2. The molecule has 0 spiro atoms. The molecule has 0 radical (unpaired) electrons. The summed E-state index contributed by atoms with van der Waals surface area (Å²) in [6.45, 7) is 0.669. The number of alkyl halides is 1. The van der Waals surface area contributed by atoms with Gasteiger partial charge in [0.05, 0.1) is 19.0 Å². The fourth-order valence-corrected chi connectivity index (χ4v) is 2.33. The van der Waals surface area contributed by atoms with Crippen molar-refractivity contribution in [3.63, 3.8) is 0 Å². The van der Waals surface area contributed by atoms with Crippen LogP contribution in [0, 0.1) is 0 Å². The van der Waals surface area contributed by atoms with Gasteiger partial charge in [-0.1, -0.05) is 35.2 Å². The van der Waals surface area contributed by atoms with Crippen molar-refractivity contribution < 1.29 is 19.1 Å². The minimum absolute atomic E-state index is 0.0681. The zero-order chi connectivity index (χ0) is 16.2. The van der Waals surface area contributed by atoms with Gasteiger partial charge in [-0.25, -0.2) is 0 Å². The molecule has 0 aliphatic rings. The Kier molecular flexibility index (Phi) is 9.55. The highest BCUT2D eigenvalue weighted by Gasteiger charge is 2.03. The molecule has 122 valence electrons. The second kappa shape index (κ2) is 11.2. The molecule has 22 heavy (non-hydrogen) atoms. The Hall–Kier alpha value is -1.36. The second-order valence-corrected chi connectivity index (χ2v) is 5.58. The number of ketones is 1. The molecule has 0 bridgehead atoms. The van der Waals surface area contributed by atoms with Crippen LogP contribution in [0.4, 0.5) is 0 Å². The van der Waals surface area contributed by atoms with Crippen molar-refractivity contribution in [1.82, 2.24) is 0 Å². The molecule has 0 aliphatic heterocycles. The first-order valence-electron chi connectivity index (χ1n) is 7.56. The number of esters is 1. The van der Waals surface area contributed by atoms with Gasteiger partial charge < -0.3 is 9.47 Å². The maximum atomic E-state index is 11.5. The second-order valence-electron chi connectivity index (χ2n) is 5.02. The summed E-state index contributed by atoms with van der Waals surface area (Å²) in [7, 11) is 1.42. The van der Waals surface area contributed by atoms with Crippen LogP contribution in [0.5, 0.6) is 5.75 Å². The van der Waals surface area contributed by atoms with E-state index in [4.69, 9.17) is 4.74 Å². The molecule has 0 fully saturated rings. The highest BCUT2D eigenvalue weighted by molar-refractivity contribution is 9.09. The van der Waals surface area contributed by atoms with Gasteiger partial charge >= 0.3 is 5.97 Å². The van der Waals surface area contributed by atoms with Gasteiger partial charge in [-0.3, -0.25) is 9.59 Å². The zero-order valence-electron chi connectivity index (χ0n) is 13.0. The van der Waals surface area contributed by atoms with Crippen LogP contribution in [-0.2, 0) is 9.53 Å². The molecule has 1 aromatic carbocycles. The molecule has 0 saturated heterocycles. The Morgan fingerprint density at radius 1 is 1.00 bits per heavy atom. The van der Waals surface area contributed by atoms with E-state index in [0.717, 1.165) is 37.9 Å². The predicted molar refractivity (Wildman–Crippen MR) is 89.8 cm³/mol. The molecule has 1 rings (SSSR count). The molecule has 0 atom stereocenters. The van der Waals surface area contributed by atoms with Gasteiger partial charge in [0.2, 0.25) is 0 Å². The van der Waals surface area contributed by atoms with Crippen LogP contribution in [0.2, 0.25) is 0 Å². The maximum Gasteiger partial charge on any atom is 0.305 e. The van der Waals surface area contributed by atoms with Crippen LogP contribution in [0.1, 0.15) is 48.9 Å². The summed E-state index contributed by atoms with van der Waals surface area (Å²) in [4.78, 5) is 22.4. The number of methoxy groups -OCH3 is 1. The van der Waals surface area contributed by atoms with Gasteiger partial charge in [0, 0.05) is 12.0 Å². The zero-order valence-corrected chi connectivity index (χ0v) is 14.6. The normalized spacial score (nSPS) is 10.3. The van der Waals surface area contributed by atoms with Gasteiger partial charge in [-0.15, -0.1) is 0 Å². The Labute approximate surface area is 140 Å². The summed E-state index contributed by atoms with van der Waals surface area (Å²) in [6, 6.07) is 7.22. The highest BCUT2D eigenvalue weighted by Crippen LogP contribution is 2.14. The number of halogens is 1. The number of ether oxygens (including phenoxy) is 2. The fraction of sp³-hybridized carbons (Fsp3) is 0.529. The van der Waals surface area contributed by atoms with Gasteiger partial charge in [-0.05, 0) is 37.1 Å². The van der Waals surface area contributed by atoms with Crippen molar-refractivity contribution in [2.75, 3.05) is 19.0 Å². The topological polar surface area (TPSA) is 52.6 Å². The Bertz CT molecular complexity index is 456. The largest absolute Gasteiger partial charge is 0.494 e. The molecule has 0 N–H and O–H groups in total. The number of unbranched alkanes of at least 4 members (excludes halogenated alkanes) is 4. The van der Waals surface area contributed by atoms with Crippen LogP contribution in [0.25, 0.3) is 0 Å². The third kappa shape index (κ3) is 7.59. The molecule has 0 aliphatic carbocycles. The molecule has 0 saturated carbocycles. The third-order valence-electron chi connectivity index (χ3n) is 3.32. The monoisotopic (exact) mass is 370 g/mol. The molecule has 5 heteroatoms. The standard InChI is InChI=1S/C17H23BrO4/c1-21-17(20)7-5-3-2-4-6-12-22-15-10-8-14(9-11-15)16(19)13-18/h8-11H,2-7,12-13H2,1H3. The van der Waals surface area contributed by atoms with Crippen molar-refractivity contribution in [3.05, 3.63) is 29.8 Å². The van der Waals surface area contributed by atoms with E-state index in [9.17, 15) is 9.59 Å². The van der Waals surface area contributed by atoms with E-state index < -0.39 is 0 Å². The number of benzene rings is 1. The lowest BCUT2D eigenvalue weighted by Crippen LogP contribution is -2.01. The molecular formula is C17H23BrO4. The summed E-state index contributed by atoms with van der Waals surface area (Å²) in [5.41, 5.74) is 0.690. The first-order valence-corrected chi connectivity index (χ1v) is 8.68. The smallest absolute Gasteiger partial charge is 0.305 e. The van der Waals surface area contributed by atoms with E-state index in [1.165, 1.54) is 7.11 Å². The summed E-state index contributed by atoms with van der Waals surface area (Å²) < 4.78 is 10.2. The summed E-state index contributed by atoms with van der Waals surface area (Å²) in [6.07, 6.45) is 5.60. The molecule has 1 aromatic rings. The van der Waals surface area contributed by atoms with Gasteiger partial charge in [0.1, 0.15) is 5.75 Å². The summed E-state index contributed by atoms with van der Waals surface area (Å²) >= 11 is 3.15. The quantitative estimate of drug-likeness (QED) is 0.254. The minimum atomic E-state index is -0.134. The number of Topliss-reactive ketones (excluding diaryl/α,β-unsaturated/α-hetero) is 1. The third-order valence-corrected chi connectivity index (χ3v) is 3.83. The van der Waals surface area contributed by atoms with Gasteiger partial charge in [-0.2, -0.15) is 0 Å². The Morgan fingerprint density at radius 2 is 1.64 bits per heavy atom. The molecule has 0 heterocycles. The number of hydrogen-bond donors (Lipinski definition) is 0. The maximum absolute atomic E-state index is 11.5. The van der Waals surface area contributed by atoms with Crippen molar-refractivity contribution in [2.24, 2.45) is 0 Å². The Balaban J connectivity index is 2.07. The van der Waals surface area contributed by atoms with Crippen molar-refractivity contribution in [1.29, 1.82) is 0 Å². The van der Waals surface area contributed by atoms with E-state index in [0.29, 0.717) is 23.9 Å². The summed E-state index contributed by atoms with van der Waals surface area (Å²) in [5, 5.41) is 0.336. The lowest BCUT2D eigenvalue weighted by Gasteiger charge is -2.06. The first kappa shape index (κ1) is 18.7. The number of rotatable bonds is 11. The van der Waals surface area contributed by atoms with E-state index in [-0.39, 0.29) is 11.8 Å². The molecule has 0 unspecified atom stereocenters. The van der Waals surface area contributed by atoms with Crippen LogP contribution in [0.15, 0.2) is 24.3 Å². The van der Waals surface area contributed by atoms with E-state index in [1.807, 2.05) is 12.1 Å². The van der Waals surface area contributed by atoms with Crippen LogP contribution in [-0.4, -0.2) is 30.8 Å². The van der Waals surface area contributed by atoms with E-state index in [2.05, 4.69) is 20.7 Å². The van der Waals surface area contributed by atoms with E-state index in [1.54, 1.807) is 12.1 Å². The molecular weight excluding hydrogens is 348 g/mol. The van der Waals surface area contributed by atoms with Crippen LogP contribution >= 0.6 is 15.9 Å². The summed E-state index contributed by atoms with van der Waals surface area (Å²) in [5.74, 6) is 0.723. The van der Waals surface area contributed by atoms with Crippen molar-refractivity contribution in [3.8, 4) is 5.75 Å². The minimum Gasteiger partial charge on any atom is -0.494 e. The first-order chi connectivity index (χ1) is 10.7. The average molecular weight is 371 g/mol. The Morgan fingerprint density at radius 3 is 2.27 bits per heavy atom. The van der Waals surface area contributed by atoms with Crippen LogP contribution < -0.4 is 4.74 Å². The highest BCUT2D eigenvalue weighted by atomic mass is 79.9. The van der Waals surface area contributed by atoms with Crippen LogP contribution in [0.3, 0.4) is 0 Å². The average Bonchev–Trinajstić information content (AvgIpc) is 2.56. The number of hydrogen-bond acceptors (Lipinski definition) is 4. The lowest BCUT2D eigenvalue weighted by atomic mass is 10.1. The molecule has 0 aromatic heterocycles. The van der Waals surface area contributed by atoms with Crippen molar-refractivity contribution in [2.45, 2.75) is 38.5 Å². The predicted octanol–water partition coefficient (Wildman–Crippen LogP) is 4.16. The SMILES string of the molecule is COC(=O)CCCCCCCOc1ccc(C(=O)CBr)cc1. The van der Waals surface area contributed by atoms with E-state index >= 15 is 0 Å². The number of carbonyl (C=O) groups is 2. The fourth-order valence-electron chi connectivity index (χ4n) is 2.01. The van der Waals surface area contributed by atoms with Gasteiger partial charge in [0.25, 0.3) is 0 Å². The van der Waals surface area contributed by atoms with Gasteiger partial charge in [0.15, 0.2) is 5.78 Å².